The van der Waals surface area contributed by atoms with Crippen LogP contribution in [-0.4, -0.2) is 45.9 Å². The number of nitrogens with zero attached hydrogens (tertiary/aromatic N) is 3. The van der Waals surface area contributed by atoms with Gasteiger partial charge in [0.15, 0.2) is 0 Å². The van der Waals surface area contributed by atoms with E-state index in [2.05, 4.69) is 5.10 Å². The zero-order valence-corrected chi connectivity index (χ0v) is 12.1. The molecule has 2 heterocycles. The Bertz CT molecular complexity index is 442. The quantitative estimate of drug-likeness (QED) is 0.795. The Kier molecular flexibility index (Phi) is 4.05. The van der Waals surface area contributed by atoms with Crippen molar-refractivity contribution in [3.05, 3.63) is 18.5 Å². The van der Waals surface area contributed by atoms with Crippen molar-refractivity contribution in [2.24, 2.45) is 5.92 Å². The summed E-state index contributed by atoms with van der Waals surface area (Å²) in [7, 11) is 0. The van der Waals surface area contributed by atoms with Crippen molar-refractivity contribution in [2.75, 3.05) is 13.2 Å². The number of hydrogen-bond acceptors (Lipinski definition) is 3. The number of aromatic nitrogens is 2. The summed E-state index contributed by atoms with van der Waals surface area (Å²) in [6.45, 7) is 4.26. The van der Waals surface area contributed by atoms with E-state index >= 15 is 0 Å². The lowest BCUT2D eigenvalue weighted by Gasteiger charge is -2.27. The molecule has 1 aliphatic carbocycles. The average Bonchev–Trinajstić information content (AvgIpc) is 2.94. The fourth-order valence-electron chi connectivity index (χ4n) is 2.81. The predicted molar refractivity (Wildman–Crippen MR) is 75.1 cm³/mol. The van der Waals surface area contributed by atoms with Gasteiger partial charge in [-0.25, -0.2) is 0 Å². The third kappa shape index (κ3) is 3.20. The maximum atomic E-state index is 12.5. The zero-order valence-electron chi connectivity index (χ0n) is 12.1. The van der Waals surface area contributed by atoms with E-state index in [4.69, 9.17) is 4.74 Å². The Morgan fingerprint density at radius 3 is 3.00 bits per heavy atom. The molecule has 0 N–H and O–H groups in total. The van der Waals surface area contributed by atoms with Gasteiger partial charge in [-0.1, -0.05) is 0 Å². The molecule has 0 unspecified atom stereocenters. The molecule has 110 valence electrons. The van der Waals surface area contributed by atoms with Crippen LogP contribution in [0.15, 0.2) is 18.5 Å². The lowest BCUT2D eigenvalue weighted by atomic mass is 10.2. The minimum Gasteiger partial charge on any atom is -0.368 e. The molecule has 2 fully saturated rings. The molecule has 1 aromatic heterocycles. The molecule has 3 rings (SSSR count). The third-order valence-electron chi connectivity index (χ3n) is 4.24. The number of rotatable bonds is 6. The van der Waals surface area contributed by atoms with E-state index in [0.717, 1.165) is 32.5 Å². The highest BCUT2D eigenvalue weighted by atomic mass is 16.5. The van der Waals surface area contributed by atoms with Gasteiger partial charge in [0, 0.05) is 18.9 Å². The van der Waals surface area contributed by atoms with Crippen LogP contribution in [0.3, 0.4) is 0 Å². The van der Waals surface area contributed by atoms with Gasteiger partial charge in [0.2, 0.25) is 0 Å². The minimum atomic E-state index is -0.311. The van der Waals surface area contributed by atoms with Crippen molar-refractivity contribution in [2.45, 2.75) is 51.3 Å². The highest BCUT2D eigenvalue weighted by Gasteiger charge is 2.33. The molecule has 20 heavy (non-hydrogen) atoms. The number of carbonyl (C=O) groups excluding carboxylic acids is 1. The molecule has 2 atom stereocenters. The fourth-order valence-corrected chi connectivity index (χ4v) is 2.81. The summed E-state index contributed by atoms with van der Waals surface area (Å²) in [5.41, 5.74) is 0. The zero-order chi connectivity index (χ0) is 13.9. The average molecular weight is 277 g/mol. The highest BCUT2D eigenvalue weighted by Crippen LogP contribution is 2.29. The second kappa shape index (κ2) is 5.95. The third-order valence-corrected chi connectivity index (χ3v) is 4.24. The first-order valence-electron chi connectivity index (χ1n) is 7.63. The van der Waals surface area contributed by atoms with E-state index in [1.165, 1.54) is 12.8 Å². The molecule has 0 bridgehead atoms. The van der Waals surface area contributed by atoms with Gasteiger partial charge >= 0.3 is 0 Å². The van der Waals surface area contributed by atoms with Crippen molar-refractivity contribution in [1.29, 1.82) is 0 Å². The van der Waals surface area contributed by atoms with Crippen molar-refractivity contribution < 1.29 is 9.53 Å². The molecule has 5 heteroatoms. The first-order valence-corrected chi connectivity index (χ1v) is 7.63. The van der Waals surface area contributed by atoms with Crippen LogP contribution >= 0.6 is 0 Å². The number of ether oxygens (including phenoxy) is 1. The van der Waals surface area contributed by atoms with Crippen molar-refractivity contribution >= 4 is 5.91 Å². The summed E-state index contributed by atoms with van der Waals surface area (Å²) < 4.78 is 7.62. The van der Waals surface area contributed by atoms with Crippen molar-refractivity contribution in [1.82, 2.24) is 14.7 Å². The monoisotopic (exact) mass is 277 g/mol. The number of carbonyl (C=O) groups is 1. The minimum absolute atomic E-state index is 0.139. The van der Waals surface area contributed by atoms with Gasteiger partial charge in [0.05, 0.1) is 19.2 Å². The van der Waals surface area contributed by atoms with Crippen LogP contribution in [0, 0.1) is 5.92 Å². The van der Waals surface area contributed by atoms with Crippen LogP contribution in [0.4, 0.5) is 0 Å². The van der Waals surface area contributed by atoms with E-state index in [1.807, 2.05) is 28.8 Å². The standard InChI is InChI=1S/C15H23N3O2/c1-12(20-11-13-5-6-13)15(19)18-9-2-4-14(18)10-17-8-3-7-16-17/h3,7-8,12-14H,2,4-6,9-11H2,1H3/t12-,14-/m0/s1. The van der Waals surface area contributed by atoms with Gasteiger partial charge in [0.1, 0.15) is 6.10 Å². The van der Waals surface area contributed by atoms with E-state index in [9.17, 15) is 4.79 Å². The lowest BCUT2D eigenvalue weighted by molar-refractivity contribution is -0.144. The van der Waals surface area contributed by atoms with Gasteiger partial charge in [-0.2, -0.15) is 5.10 Å². The molecule has 1 amide bonds. The molecule has 1 saturated heterocycles. The van der Waals surface area contributed by atoms with Crippen molar-refractivity contribution in [3.63, 3.8) is 0 Å². The van der Waals surface area contributed by atoms with E-state index in [0.29, 0.717) is 5.92 Å². The second-order valence-corrected chi connectivity index (χ2v) is 5.97. The van der Waals surface area contributed by atoms with Crippen LogP contribution in [-0.2, 0) is 16.1 Å². The number of amides is 1. The maximum Gasteiger partial charge on any atom is 0.251 e. The van der Waals surface area contributed by atoms with E-state index in [1.54, 1.807) is 6.20 Å². The van der Waals surface area contributed by atoms with Crippen LogP contribution in [0.5, 0.6) is 0 Å². The first kappa shape index (κ1) is 13.6. The SMILES string of the molecule is C[C@H](OCC1CC1)C(=O)N1CCC[C@H]1Cn1cccn1. The maximum absolute atomic E-state index is 12.5. The largest absolute Gasteiger partial charge is 0.368 e. The number of hydrogen-bond donors (Lipinski definition) is 0. The summed E-state index contributed by atoms with van der Waals surface area (Å²) >= 11 is 0. The van der Waals surface area contributed by atoms with Crippen LogP contribution in [0.2, 0.25) is 0 Å². The van der Waals surface area contributed by atoms with Crippen LogP contribution in [0.25, 0.3) is 0 Å². The van der Waals surface area contributed by atoms with Crippen molar-refractivity contribution in [3.8, 4) is 0 Å². The van der Waals surface area contributed by atoms with E-state index < -0.39 is 0 Å². The van der Waals surface area contributed by atoms with Gasteiger partial charge in [0.25, 0.3) is 5.91 Å². The molecule has 2 aliphatic rings. The summed E-state index contributed by atoms with van der Waals surface area (Å²) in [6, 6.07) is 2.18. The number of likely N-dealkylation sites (tertiary alicyclic amines) is 1. The first-order chi connectivity index (χ1) is 9.74. The molecular formula is C15H23N3O2. The molecule has 1 aliphatic heterocycles. The molecule has 0 spiro atoms. The molecule has 0 radical (unpaired) electrons. The molecule has 5 nitrogen and oxygen atoms in total. The Morgan fingerprint density at radius 2 is 2.30 bits per heavy atom. The Morgan fingerprint density at radius 1 is 1.45 bits per heavy atom. The molecule has 0 aromatic carbocycles. The van der Waals surface area contributed by atoms with Crippen LogP contribution < -0.4 is 0 Å². The summed E-state index contributed by atoms with van der Waals surface area (Å²) in [4.78, 5) is 14.5. The Balaban J connectivity index is 1.54. The molecule has 1 aromatic rings. The summed E-state index contributed by atoms with van der Waals surface area (Å²) in [5.74, 6) is 0.837. The highest BCUT2D eigenvalue weighted by molar-refractivity contribution is 5.81. The fraction of sp³-hybridized carbons (Fsp3) is 0.733. The second-order valence-electron chi connectivity index (χ2n) is 5.97. The normalized spacial score (nSPS) is 24.1. The van der Waals surface area contributed by atoms with Gasteiger partial charge in [-0.15, -0.1) is 0 Å². The van der Waals surface area contributed by atoms with Crippen LogP contribution in [0.1, 0.15) is 32.6 Å². The predicted octanol–water partition coefficient (Wildman–Crippen LogP) is 1.69. The smallest absolute Gasteiger partial charge is 0.251 e. The Labute approximate surface area is 119 Å². The molecular weight excluding hydrogens is 254 g/mol. The van der Waals surface area contributed by atoms with Gasteiger partial charge in [-0.3, -0.25) is 9.48 Å². The summed E-state index contributed by atoms with van der Waals surface area (Å²) in [5, 5.41) is 4.23. The summed E-state index contributed by atoms with van der Waals surface area (Å²) in [6.07, 6.45) is 8.07. The van der Waals surface area contributed by atoms with Gasteiger partial charge < -0.3 is 9.64 Å². The molecule has 1 saturated carbocycles. The van der Waals surface area contributed by atoms with E-state index in [-0.39, 0.29) is 18.1 Å². The van der Waals surface area contributed by atoms with Gasteiger partial charge in [-0.05, 0) is 44.6 Å². The lowest BCUT2D eigenvalue weighted by Crippen LogP contribution is -2.43. The topological polar surface area (TPSA) is 47.4 Å². The Hall–Kier alpha value is -1.36.